The first-order valence-electron chi connectivity index (χ1n) is 6.38. The molecule has 0 saturated carbocycles. The molecule has 0 bridgehead atoms. The van der Waals surface area contributed by atoms with Crippen LogP contribution in [0.5, 0.6) is 0 Å². The number of nitriles is 1. The number of hydrogen-bond acceptors (Lipinski definition) is 2. The number of hydrogen-bond donors (Lipinski definition) is 0. The molecule has 1 heterocycles. The van der Waals surface area contributed by atoms with Gasteiger partial charge in [-0.05, 0) is 52.7 Å². The summed E-state index contributed by atoms with van der Waals surface area (Å²) in [5, 5.41) is 8.99. The molecule has 0 fully saturated rings. The van der Waals surface area contributed by atoms with Gasteiger partial charge in [0.15, 0.2) is 0 Å². The second-order valence-electron chi connectivity index (χ2n) is 4.72. The molecular formula is C16H11BrClN3. The number of rotatable bonds is 2. The summed E-state index contributed by atoms with van der Waals surface area (Å²) in [7, 11) is 0. The van der Waals surface area contributed by atoms with Gasteiger partial charge in [0, 0.05) is 4.47 Å². The van der Waals surface area contributed by atoms with Crippen LogP contribution in [0.1, 0.15) is 17.0 Å². The normalized spacial score (nSPS) is 10.8. The van der Waals surface area contributed by atoms with E-state index in [1.165, 1.54) is 0 Å². The Morgan fingerprint density at radius 3 is 2.81 bits per heavy atom. The first-order chi connectivity index (χ1) is 10.2. The summed E-state index contributed by atoms with van der Waals surface area (Å²) in [5.74, 6) is 1.10. The molecule has 1 aromatic heterocycles. The summed E-state index contributed by atoms with van der Waals surface area (Å²) in [6, 6.07) is 13.7. The average Bonchev–Trinajstić information content (AvgIpc) is 2.87. The highest BCUT2D eigenvalue weighted by atomic mass is 79.9. The Morgan fingerprint density at radius 2 is 2.14 bits per heavy atom. The molecule has 0 atom stereocenters. The van der Waals surface area contributed by atoms with E-state index in [0.717, 1.165) is 32.6 Å². The molecule has 0 spiro atoms. The van der Waals surface area contributed by atoms with E-state index in [1.807, 2.05) is 22.8 Å². The number of aromatic nitrogens is 2. The average molecular weight is 361 g/mol. The van der Waals surface area contributed by atoms with Gasteiger partial charge in [-0.3, -0.25) is 4.57 Å². The molecule has 0 amide bonds. The second kappa shape index (κ2) is 5.51. The number of para-hydroxylation sites is 1. The minimum Gasteiger partial charge on any atom is -0.294 e. The second-order valence-corrected chi connectivity index (χ2v) is 5.84. The van der Waals surface area contributed by atoms with E-state index >= 15 is 0 Å². The van der Waals surface area contributed by atoms with Crippen molar-refractivity contribution in [2.75, 3.05) is 0 Å². The van der Waals surface area contributed by atoms with E-state index in [2.05, 4.69) is 40.0 Å². The van der Waals surface area contributed by atoms with Crippen molar-refractivity contribution in [1.82, 2.24) is 9.55 Å². The fourth-order valence-corrected chi connectivity index (χ4v) is 3.19. The smallest absolute Gasteiger partial charge is 0.129 e. The number of benzene rings is 2. The molecule has 104 valence electrons. The van der Waals surface area contributed by atoms with E-state index in [9.17, 15) is 0 Å². The van der Waals surface area contributed by atoms with Crippen molar-refractivity contribution in [3.8, 4) is 11.8 Å². The van der Waals surface area contributed by atoms with Crippen LogP contribution in [0, 0.1) is 18.3 Å². The Labute approximate surface area is 135 Å². The third-order valence-corrected chi connectivity index (χ3v) is 4.26. The molecule has 0 saturated heterocycles. The van der Waals surface area contributed by atoms with Crippen molar-refractivity contribution < 1.29 is 0 Å². The molecule has 21 heavy (non-hydrogen) atoms. The van der Waals surface area contributed by atoms with Crippen molar-refractivity contribution in [1.29, 1.82) is 5.26 Å². The Bertz CT molecular complexity index is 877. The van der Waals surface area contributed by atoms with Crippen LogP contribution in [0.15, 0.2) is 40.9 Å². The summed E-state index contributed by atoms with van der Waals surface area (Å²) in [6.45, 7) is 2.05. The lowest BCUT2D eigenvalue weighted by atomic mass is 10.2. The fourth-order valence-electron chi connectivity index (χ4n) is 2.45. The third kappa shape index (κ3) is 2.33. The first-order valence-corrected chi connectivity index (χ1v) is 7.71. The zero-order valence-electron chi connectivity index (χ0n) is 11.3. The van der Waals surface area contributed by atoms with E-state index in [4.69, 9.17) is 16.9 Å². The highest BCUT2D eigenvalue weighted by Crippen LogP contribution is 2.30. The maximum atomic E-state index is 8.99. The number of imidazole rings is 1. The van der Waals surface area contributed by atoms with Gasteiger partial charge >= 0.3 is 0 Å². The van der Waals surface area contributed by atoms with Crippen LogP contribution in [0.2, 0.25) is 0 Å². The van der Waals surface area contributed by atoms with E-state index in [0.29, 0.717) is 11.4 Å². The van der Waals surface area contributed by atoms with Gasteiger partial charge in [0.2, 0.25) is 0 Å². The largest absolute Gasteiger partial charge is 0.294 e. The predicted molar refractivity (Wildman–Crippen MR) is 87.8 cm³/mol. The lowest BCUT2D eigenvalue weighted by Crippen LogP contribution is -2.01. The summed E-state index contributed by atoms with van der Waals surface area (Å²) in [5.41, 5.74) is 4.63. The minimum atomic E-state index is 0.320. The van der Waals surface area contributed by atoms with Crippen molar-refractivity contribution in [3.63, 3.8) is 0 Å². The van der Waals surface area contributed by atoms with E-state index < -0.39 is 0 Å². The van der Waals surface area contributed by atoms with Gasteiger partial charge in [-0.25, -0.2) is 4.98 Å². The minimum absolute atomic E-state index is 0.320. The molecule has 0 aliphatic heterocycles. The zero-order valence-corrected chi connectivity index (χ0v) is 13.6. The molecule has 2 aromatic carbocycles. The topological polar surface area (TPSA) is 41.6 Å². The van der Waals surface area contributed by atoms with Gasteiger partial charge in [0.1, 0.15) is 5.82 Å². The number of alkyl halides is 1. The van der Waals surface area contributed by atoms with Gasteiger partial charge in [0.05, 0.1) is 34.2 Å². The molecule has 0 aliphatic rings. The zero-order chi connectivity index (χ0) is 15.0. The molecule has 0 N–H and O–H groups in total. The predicted octanol–water partition coefficient (Wildman–Crippen LogP) is 4.71. The van der Waals surface area contributed by atoms with E-state index in [1.54, 1.807) is 12.1 Å². The number of halogens is 2. The molecule has 0 radical (unpaired) electrons. The standard InChI is InChI=1S/C16H11BrClN3/c1-10-3-2-4-13-16(10)21(15(8-18)20-13)14-6-5-11(9-19)7-12(14)17/h2-7H,8H2,1H3. The van der Waals surface area contributed by atoms with Crippen LogP contribution in [0.4, 0.5) is 0 Å². The van der Waals surface area contributed by atoms with Crippen molar-refractivity contribution in [2.45, 2.75) is 12.8 Å². The maximum Gasteiger partial charge on any atom is 0.129 e. The van der Waals surface area contributed by atoms with Gasteiger partial charge in [-0.2, -0.15) is 5.26 Å². The SMILES string of the molecule is Cc1cccc2nc(CCl)n(-c3ccc(C#N)cc3Br)c12. The molecule has 3 nitrogen and oxygen atoms in total. The van der Waals surface area contributed by atoms with Crippen molar-refractivity contribution in [2.24, 2.45) is 0 Å². The van der Waals surface area contributed by atoms with Crippen LogP contribution < -0.4 is 0 Å². The highest BCUT2D eigenvalue weighted by Gasteiger charge is 2.15. The van der Waals surface area contributed by atoms with Crippen LogP contribution in [0.3, 0.4) is 0 Å². The Balaban J connectivity index is 2.36. The number of aryl methyl sites for hydroxylation is 1. The number of nitrogens with zero attached hydrogens (tertiary/aromatic N) is 3. The Kier molecular flexibility index (Phi) is 3.71. The monoisotopic (exact) mass is 359 g/mol. The molecular weight excluding hydrogens is 350 g/mol. The van der Waals surface area contributed by atoms with Gasteiger partial charge in [0.25, 0.3) is 0 Å². The molecule has 3 aromatic rings. The van der Waals surface area contributed by atoms with Crippen LogP contribution in [0.25, 0.3) is 16.7 Å². The maximum absolute atomic E-state index is 8.99. The summed E-state index contributed by atoms with van der Waals surface area (Å²) < 4.78 is 2.89. The Morgan fingerprint density at radius 1 is 1.33 bits per heavy atom. The summed E-state index contributed by atoms with van der Waals surface area (Å²) in [4.78, 5) is 4.60. The van der Waals surface area contributed by atoms with Gasteiger partial charge in [-0.15, -0.1) is 11.6 Å². The number of fused-ring (bicyclic) bond motifs is 1. The highest BCUT2D eigenvalue weighted by molar-refractivity contribution is 9.10. The lowest BCUT2D eigenvalue weighted by Gasteiger charge is -2.11. The summed E-state index contributed by atoms with van der Waals surface area (Å²) >= 11 is 9.61. The molecule has 0 unspecified atom stereocenters. The summed E-state index contributed by atoms with van der Waals surface area (Å²) in [6.07, 6.45) is 0. The first kappa shape index (κ1) is 14.1. The van der Waals surface area contributed by atoms with Gasteiger partial charge in [-0.1, -0.05) is 12.1 Å². The third-order valence-electron chi connectivity index (χ3n) is 3.38. The van der Waals surface area contributed by atoms with Crippen molar-refractivity contribution >= 4 is 38.6 Å². The van der Waals surface area contributed by atoms with Crippen LogP contribution in [-0.2, 0) is 5.88 Å². The molecule has 3 rings (SSSR count). The molecule has 5 heteroatoms. The van der Waals surface area contributed by atoms with Crippen LogP contribution >= 0.6 is 27.5 Å². The quantitative estimate of drug-likeness (QED) is 0.621. The van der Waals surface area contributed by atoms with Crippen LogP contribution in [-0.4, -0.2) is 9.55 Å². The van der Waals surface area contributed by atoms with E-state index in [-0.39, 0.29) is 0 Å². The Hall–Kier alpha value is -1.83. The van der Waals surface area contributed by atoms with Gasteiger partial charge < -0.3 is 0 Å². The lowest BCUT2D eigenvalue weighted by molar-refractivity contribution is 0.974. The van der Waals surface area contributed by atoms with Crippen molar-refractivity contribution in [3.05, 3.63) is 57.8 Å². The fraction of sp³-hybridized carbons (Fsp3) is 0.125. The molecule has 0 aliphatic carbocycles.